The van der Waals surface area contributed by atoms with E-state index < -0.39 is 0 Å². The average molecular weight is 294 g/mol. The number of nitrogens with zero attached hydrogens (tertiary/aromatic N) is 1. The molecule has 2 aliphatic rings. The summed E-state index contributed by atoms with van der Waals surface area (Å²) in [5.41, 5.74) is 4.48. The molecule has 0 aromatic heterocycles. The van der Waals surface area contributed by atoms with Gasteiger partial charge in [0.2, 0.25) is 0 Å². The molecule has 0 aliphatic carbocycles. The summed E-state index contributed by atoms with van der Waals surface area (Å²) in [6.45, 7) is 2.62. The molecular weight excluding hydrogens is 276 g/mol. The predicted octanol–water partition coefficient (Wildman–Crippen LogP) is 2.73. The fourth-order valence-corrected chi connectivity index (χ4v) is 3.02. The molecule has 1 atom stereocenters. The van der Waals surface area contributed by atoms with Gasteiger partial charge in [0.1, 0.15) is 17.6 Å². The molecular formula is C18H18N2O2. The maximum Gasteiger partial charge on any atom is 0.129 e. The van der Waals surface area contributed by atoms with Gasteiger partial charge in [-0.15, -0.1) is 0 Å². The predicted molar refractivity (Wildman–Crippen MR) is 86.7 cm³/mol. The van der Waals surface area contributed by atoms with Crippen LogP contribution in [0.15, 0.2) is 41.4 Å². The van der Waals surface area contributed by atoms with E-state index in [1.165, 1.54) is 5.56 Å². The highest BCUT2D eigenvalue weighted by Crippen LogP contribution is 2.34. The van der Waals surface area contributed by atoms with Crippen LogP contribution in [-0.2, 0) is 6.54 Å². The number of aromatic hydroxyl groups is 1. The number of hydrogen-bond donors (Lipinski definition) is 2. The Bertz CT molecular complexity index is 717. The van der Waals surface area contributed by atoms with Gasteiger partial charge in [0, 0.05) is 18.3 Å². The number of nitrogens with one attached hydrogen (secondary N) is 1. The van der Waals surface area contributed by atoms with Crippen LogP contribution in [0.3, 0.4) is 0 Å². The fraction of sp³-hybridized carbons (Fsp3) is 0.278. The third kappa shape index (κ3) is 2.46. The first-order valence-corrected chi connectivity index (χ1v) is 7.63. The van der Waals surface area contributed by atoms with Crippen LogP contribution in [-0.4, -0.2) is 30.5 Å². The number of phenols is 1. The van der Waals surface area contributed by atoms with Gasteiger partial charge >= 0.3 is 0 Å². The molecule has 0 amide bonds. The van der Waals surface area contributed by atoms with Gasteiger partial charge in [-0.05, 0) is 53.9 Å². The molecule has 2 N–H and O–H groups in total. The van der Waals surface area contributed by atoms with E-state index in [1.807, 2.05) is 18.3 Å². The first-order chi connectivity index (χ1) is 10.8. The van der Waals surface area contributed by atoms with Gasteiger partial charge in [-0.3, -0.25) is 4.99 Å². The molecule has 0 saturated carbocycles. The summed E-state index contributed by atoms with van der Waals surface area (Å²) >= 11 is 0. The number of rotatable bonds is 3. The van der Waals surface area contributed by atoms with Crippen molar-refractivity contribution in [1.29, 1.82) is 0 Å². The summed E-state index contributed by atoms with van der Waals surface area (Å²) in [6, 6.07) is 11.5. The van der Waals surface area contributed by atoms with E-state index in [-0.39, 0.29) is 11.9 Å². The van der Waals surface area contributed by atoms with Crippen molar-refractivity contribution in [2.45, 2.75) is 19.1 Å². The van der Waals surface area contributed by atoms with E-state index in [0.717, 1.165) is 42.0 Å². The van der Waals surface area contributed by atoms with E-state index in [0.29, 0.717) is 6.54 Å². The zero-order chi connectivity index (χ0) is 14.9. The van der Waals surface area contributed by atoms with Gasteiger partial charge in [0.05, 0.1) is 6.54 Å². The Morgan fingerprint density at radius 1 is 1.14 bits per heavy atom. The maximum atomic E-state index is 9.45. The second kappa shape index (κ2) is 5.46. The molecule has 1 fully saturated rings. The Balaban J connectivity index is 1.72. The van der Waals surface area contributed by atoms with Crippen LogP contribution in [0.5, 0.6) is 11.5 Å². The molecule has 0 radical (unpaired) electrons. The lowest BCUT2D eigenvalue weighted by Gasteiger charge is -2.16. The largest absolute Gasteiger partial charge is 0.508 e. The smallest absolute Gasteiger partial charge is 0.129 e. The van der Waals surface area contributed by atoms with Crippen LogP contribution in [0.1, 0.15) is 17.5 Å². The van der Waals surface area contributed by atoms with Crippen molar-refractivity contribution in [3.63, 3.8) is 0 Å². The summed E-state index contributed by atoms with van der Waals surface area (Å²) in [5.74, 6) is 1.19. The van der Waals surface area contributed by atoms with Gasteiger partial charge in [0.15, 0.2) is 0 Å². The van der Waals surface area contributed by atoms with Crippen molar-refractivity contribution in [3.05, 3.63) is 47.5 Å². The molecule has 0 bridgehead atoms. The van der Waals surface area contributed by atoms with Gasteiger partial charge in [-0.25, -0.2) is 0 Å². The summed E-state index contributed by atoms with van der Waals surface area (Å²) < 4.78 is 6.20. The minimum atomic E-state index is 0.230. The highest BCUT2D eigenvalue weighted by atomic mass is 16.5. The topological polar surface area (TPSA) is 53.9 Å². The van der Waals surface area contributed by atoms with E-state index in [2.05, 4.69) is 22.4 Å². The maximum absolute atomic E-state index is 9.45. The van der Waals surface area contributed by atoms with Crippen molar-refractivity contribution in [1.82, 2.24) is 5.32 Å². The minimum absolute atomic E-state index is 0.230. The molecule has 4 nitrogen and oxygen atoms in total. The van der Waals surface area contributed by atoms with Gasteiger partial charge in [-0.1, -0.05) is 12.1 Å². The standard InChI is InChI=1S/C18H18N2O2/c21-15-3-1-12(2-4-15)13-7-14-9-20-11-17(14)18(8-13)22-16-5-6-19-10-16/h1-4,7-8,11,16,19,21H,5-6,9-10H2/t16-/m0/s1. The molecule has 2 heterocycles. The number of phenolic OH excluding ortho intramolecular Hbond substituents is 1. The van der Waals surface area contributed by atoms with Crippen LogP contribution in [0.2, 0.25) is 0 Å². The Kier molecular flexibility index (Phi) is 3.31. The molecule has 0 unspecified atom stereocenters. The average Bonchev–Trinajstić information content (AvgIpc) is 3.19. The number of fused-ring (bicyclic) bond motifs is 1. The molecule has 112 valence electrons. The lowest BCUT2D eigenvalue weighted by atomic mass is 9.99. The monoisotopic (exact) mass is 294 g/mol. The Hall–Kier alpha value is -2.33. The van der Waals surface area contributed by atoms with Crippen molar-refractivity contribution in [3.8, 4) is 22.6 Å². The summed E-state index contributed by atoms with van der Waals surface area (Å²) in [5, 5.41) is 12.8. The van der Waals surface area contributed by atoms with E-state index in [9.17, 15) is 5.11 Å². The van der Waals surface area contributed by atoms with Gasteiger partial charge in [0.25, 0.3) is 0 Å². The number of ether oxygens (including phenoxy) is 1. The van der Waals surface area contributed by atoms with Gasteiger partial charge in [-0.2, -0.15) is 0 Å². The highest BCUT2D eigenvalue weighted by Gasteiger charge is 2.20. The lowest BCUT2D eigenvalue weighted by molar-refractivity contribution is 0.223. The Morgan fingerprint density at radius 2 is 2.00 bits per heavy atom. The number of benzene rings is 2. The summed E-state index contributed by atoms with van der Waals surface area (Å²) in [6.07, 6.45) is 3.18. The van der Waals surface area contributed by atoms with Crippen LogP contribution < -0.4 is 10.1 Å². The van der Waals surface area contributed by atoms with Crippen LogP contribution in [0.4, 0.5) is 0 Å². The van der Waals surface area contributed by atoms with Crippen LogP contribution in [0, 0.1) is 0 Å². The summed E-state index contributed by atoms with van der Waals surface area (Å²) in [7, 11) is 0. The van der Waals surface area contributed by atoms with Gasteiger partial charge < -0.3 is 15.2 Å². The molecule has 2 aliphatic heterocycles. The number of hydrogen-bond acceptors (Lipinski definition) is 4. The SMILES string of the molecule is Oc1ccc(-c2cc3c(c(O[C@H]4CCNC4)c2)C=NC3)cc1. The molecule has 1 saturated heterocycles. The molecule has 4 rings (SSSR count). The van der Waals surface area contributed by atoms with Crippen molar-refractivity contribution >= 4 is 6.21 Å². The van der Waals surface area contributed by atoms with E-state index in [1.54, 1.807) is 12.1 Å². The first-order valence-electron chi connectivity index (χ1n) is 7.63. The Morgan fingerprint density at radius 3 is 2.77 bits per heavy atom. The normalized spacial score (nSPS) is 19.4. The second-order valence-corrected chi connectivity index (χ2v) is 5.80. The molecule has 4 heteroatoms. The lowest BCUT2D eigenvalue weighted by Crippen LogP contribution is -2.20. The first kappa shape index (κ1) is 13.3. The molecule has 0 spiro atoms. The second-order valence-electron chi connectivity index (χ2n) is 5.80. The third-order valence-electron chi connectivity index (χ3n) is 4.22. The Labute approximate surface area is 129 Å². The highest BCUT2D eigenvalue weighted by molar-refractivity contribution is 5.90. The zero-order valence-corrected chi connectivity index (χ0v) is 12.2. The van der Waals surface area contributed by atoms with Crippen molar-refractivity contribution in [2.24, 2.45) is 4.99 Å². The summed E-state index contributed by atoms with van der Waals surface area (Å²) in [4.78, 5) is 4.37. The molecule has 22 heavy (non-hydrogen) atoms. The quantitative estimate of drug-likeness (QED) is 0.915. The molecule has 2 aromatic rings. The minimum Gasteiger partial charge on any atom is -0.508 e. The van der Waals surface area contributed by atoms with E-state index in [4.69, 9.17) is 4.74 Å². The van der Waals surface area contributed by atoms with Crippen LogP contribution >= 0.6 is 0 Å². The number of aliphatic imine (C=N–C) groups is 1. The van der Waals surface area contributed by atoms with Crippen LogP contribution in [0.25, 0.3) is 11.1 Å². The third-order valence-corrected chi connectivity index (χ3v) is 4.22. The zero-order valence-electron chi connectivity index (χ0n) is 12.2. The van der Waals surface area contributed by atoms with Crippen molar-refractivity contribution < 1.29 is 9.84 Å². The fourth-order valence-electron chi connectivity index (χ4n) is 3.02. The van der Waals surface area contributed by atoms with E-state index >= 15 is 0 Å². The molecule has 2 aromatic carbocycles. The van der Waals surface area contributed by atoms with Crippen molar-refractivity contribution in [2.75, 3.05) is 13.1 Å².